The molecule has 14 heteroatoms. The number of thioether (sulfide) groups is 2. The first-order valence-electron chi connectivity index (χ1n) is 29.6. The lowest BCUT2D eigenvalue weighted by molar-refractivity contribution is -0.139. The molecule has 0 saturated carbocycles. The normalized spacial score (nSPS) is 14.2. The maximum absolute atomic E-state index is 12.4. The molecule has 0 aliphatic carbocycles. The highest BCUT2D eigenvalue weighted by Crippen LogP contribution is 2.43. The predicted molar refractivity (Wildman–Crippen MR) is 343 cm³/mol. The van der Waals surface area contributed by atoms with E-state index in [9.17, 15) is 19.2 Å². The fourth-order valence-corrected chi connectivity index (χ4v) is 11.7. The molecule has 0 saturated heterocycles. The van der Waals surface area contributed by atoms with Gasteiger partial charge in [-0.1, -0.05) is 183 Å². The van der Waals surface area contributed by atoms with Gasteiger partial charge in [0.1, 0.15) is 50.1 Å². The number of hydrogen-bond acceptors (Lipinski definition) is 12. The van der Waals surface area contributed by atoms with Crippen LogP contribution in [-0.4, -0.2) is 87.4 Å². The average molecular weight is 1170 g/mol. The minimum Gasteiger partial charge on any atom is -0.490 e. The van der Waals surface area contributed by atoms with E-state index in [1.165, 1.54) is 24.0 Å². The van der Waals surface area contributed by atoms with Crippen LogP contribution in [0.1, 0.15) is 142 Å². The van der Waals surface area contributed by atoms with Crippen LogP contribution >= 0.6 is 23.5 Å². The molecule has 12 nitrogen and oxygen atoms in total. The molecule has 0 aliphatic heterocycles. The third kappa shape index (κ3) is 27.5. The van der Waals surface area contributed by atoms with E-state index in [0.29, 0.717) is 70.3 Å². The van der Waals surface area contributed by atoms with Gasteiger partial charge in [0.25, 0.3) is 0 Å². The summed E-state index contributed by atoms with van der Waals surface area (Å²) in [7, 11) is 0. The number of benzene rings is 4. The Labute approximate surface area is 505 Å². The third-order valence-electron chi connectivity index (χ3n) is 14.6. The summed E-state index contributed by atoms with van der Waals surface area (Å²) < 4.78 is 33.4. The van der Waals surface area contributed by atoms with Crippen molar-refractivity contribution in [3.8, 4) is 11.5 Å². The fourth-order valence-electron chi connectivity index (χ4n) is 9.95. The van der Waals surface area contributed by atoms with E-state index in [2.05, 4.69) is 124 Å². The molecule has 0 aromatic heterocycles. The van der Waals surface area contributed by atoms with Gasteiger partial charge in [0.05, 0.1) is 13.1 Å². The molecule has 0 bridgehead atoms. The highest BCUT2D eigenvalue weighted by molar-refractivity contribution is 7.99. The van der Waals surface area contributed by atoms with Gasteiger partial charge in [-0.3, -0.25) is 0 Å². The van der Waals surface area contributed by atoms with Gasteiger partial charge in [-0.05, 0) is 120 Å². The molecule has 2 N–H and O–H groups in total. The molecule has 4 aromatic rings. The lowest BCUT2D eigenvalue weighted by Crippen LogP contribution is -2.35. The van der Waals surface area contributed by atoms with E-state index in [-0.39, 0.29) is 42.4 Å². The molecule has 4 rings (SSSR count). The van der Waals surface area contributed by atoms with Gasteiger partial charge in [-0.25, -0.2) is 19.2 Å². The van der Waals surface area contributed by atoms with Gasteiger partial charge in [0, 0.05) is 35.8 Å². The second kappa shape index (κ2) is 41.2. The van der Waals surface area contributed by atoms with Crippen molar-refractivity contribution in [1.82, 2.24) is 10.6 Å². The quantitative estimate of drug-likeness (QED) is 0.0151. The minimum absolute atomic E-state index is 0. The molecule has 0 radical (unpaired) electrons. The minimum atomic E-state index is -0.586. The number of amides is 2. The number of ether oxygens (including phenoxy) is 6. The fraction of sp³-hybridized carbons (Fsp3) is 0.529. The van der Waals surface area contributed by atoms with Gasteiger partial charge in [0.2, 0.25) is 0 Å². The average Bonchev–Trinajstić information content (AvgIpc) is 3.67. The van der Waals surface area contributed by atoms with Gasteiger partial charge in [-0.15, -0.1) is 23.5 Å². The second-order valence-corrected chi connectivity index (χ2v) is 23.5. The van der Waals surface area contributed by atoms with Crippen molar-refractivity contribution >= 4 is 47.6 Å². The summed E-state index contributed by atoms with van der Waals surface area (Å²) in [6.07, 6.45) is 2.42. The van der Waals surface area contributed by atoms with E-state index in [1.54, 1.807) is 30.4 Å². The number of rotatable bonds is 34. The Balaban J connectivity index is 0.00000156. The van der Waals surface area contributed by atoms with E-state index in [0.717, 1.165) is 33.8 Å². The van der Waals surface area contributed by atoms with Crippen molar-refractivity contribution in [1.29, 1.82) is 0 Å². The first-order valence-corrected chi connectivity index (χ1v) is 31.6. The Morgan fingerprint density at radius 1 is 0.561 bits per heavy atom. The van der Waals surface area contributed by atoms with Crippen LogP contribution in [0.15, 0.2) is 144 Å². The first kappa shape index (κ1) is 72.2. The van der Waals surface area contributed by atoms with Gasteiger partial charge < -0.3 is 39.1 Å². The van der Waals surface area contributed by atoms with Gasteiger partial charge >= 0.3 is 24.1 Å². The number of esters is 2. The van der Waals surface area contributed by atoms with Crippen LogP contribution in [0, 0.1) is 41.4 Å². The van der Waals surface area contributed by atoms with E-state index < -0.39 is 36.3 Å². The van der Waals surface area contributed by atoms with Crippen LogP contribution in [0.3, 0.4) is 0 Å². The highest BCUT2D eigenvalue weighted by Gasteiger charge is 2.33. The maximum Gasteiger partial charge on any atom is 0.407 e. The van der Waals surface area contributed by atoms with Gasteiger partial charge in [-0.2, -0.15) is 0 Å². The molecule has 2 amide bonds. The van der Waals surface area contributed by atoms with Crippen molar-refractivity contribution in [2.45, 2.75) is 150 Å². The summed E-state index contributed by atoms with van der Waals surface area (Å²) in [5, 5.41) is 5.25. The van der Waals surface area contributed by atoms with Crippen LogP contribution in [0.4, 0.5) is 9.59 Å². The zero-order chi connectivity index (χ0) is 61.0. The summed E-state index contributed by atoms with van der Waals surface area (Å²) in [5.74, 6) is 6.74. The Morgan fingerprint density at radius 2 is 0.963 bits per heavy atom. The monoisotopic (exact) mass is 1170 g/mol. The van der Waals surface area contributed by atoms with Gasteiger partial charge in [0.15, 0.2) is 0 Å². The Kier molecular flexibility index (Phi) is 36.3. The number of carbonyl (C=O) groups is 4. The molecule has 0 spiro atoms. The smallest absolute Gasteiger partial charge is 0.407 e. The molecule has 9 atom stereocenters. The van der Waals surface area contributed by atoms with Crippen molar-refractivity contribution in [2.75, 3.05) is 51.0 Å². The Hall–Kier alpha value is -5.86. The van der Waals surface area contributed by atoms with Crippen LogP contribution in [-0.2, 0) is 28.5 Å². The van der Waals surface area contributed by atoms with Crippen LogP contribution in [0.25, 0.3) is 0 Å². The topological polar surface area (TPSA) is 148 Å². The lowest BCUT2D eigenvalue weighted by atomic mass is 9.66. The largest absolute Gasteiger partial charge is 0.490 e. The molecule has 9 unspecified atom stereocenters. The summed E-state index contributed by atoms with van der Waals surface area (Å²) in [6.45, 7) is 38.8. The molecule has 0 fully saturated rings. The van der Waals surface area contributed by atoms with Crippen molar-refractivity contribution in [3.63, 3.8) is 0 Å². The standard InChI is InChI=1S/C34H49NO5S.C32H45NO5S.C2H6.2H2/c1-8-25(6)32(24(4)5)33(26(7)9-2)27-16-18-28(19-17-27)39-22-29(23-41-30-14-12-11-13-15-30)40-34(37)35-20-21-38-31(36)10-3;1-8-24(6)30(22(2)3)25(7)26-14-16-27(17-15-26)37-20-28(21-39-29-12-10-9-11-13-29)38-32(35)33-18-19-36-31(34)23(4)5;1-2;;/h10-19,24-26,29,32-33H,3,8-9,20-23H2,1-2,4-7H3,(H,35,37);9-17,22,24-25,28,30H,4,8,18-21H2,1-3,5-7H3,(H,33,35);1-2H3;2*1H. The van der Waals surface area contributed by atoms with Crippen molar-refractivity contribution in [3.05, 3.63) is 145 Å². The number of alkyl carbamates (subject to hydrolysis) is 2. The second-order valence-electron chi connectivity index (χ2n) is 21.3. The summed E-state index contributed by atoms with van der Waals surface area (Å²) in [6, 6.07) is 36.7. The first-order chi connectivity index (χ1) is 39.3. The molecule has 0 heterocycles. The Morgan fingerprint density at radius 3 is 1.35 bits per heavy atom. The van der Waals surface area contributed by atoms with Crippen LogP contribution in [0.2, 0.25) is 0 Å². The van der Waals surface area contributed by atoms with Crippen LogP contribution < -0.4 is 20.1 Å². The van der Waals surface area contributed by atoms with Crippen molar-refractivity contribution < 1.29 is 50.5 Å². The highest BCUT2D eigenvalue weighted by atomic mass is 32.2. The van der Waals surface area contributed by atoms with Crippen molar-refractivity contribution in [2.24, 2.45) is 41.4 Å². The van der Waals surface area contributed by atoms with E-state index in [4.69, 9.17) is 28.4 Å². The number of hydrogen-bond donors (Lipinski definition) is 2. The summed E-state index contributed by atoms with van der Waals surface area (Å²) in [4.78, 5) is 49.7. The SMILES string of the molecule is C=C(C)C(=O)OCCNC(=O)OC(COc1ccc(C(C)C(C(C)C)C(C)CC)cc1)CSc1ccccc1.C=CC(=O)OCCNC(=O)OC(COc1ccc(C(C(C)CC)C(C(C)C)C(C)CC)cc1)CSc1ccccc1.CC.[HH].[HH]. The lowest BCUT2D eigenvalue weighted by Gasteiger charge is -2.38. The van der Waals surface area contributed by atoms with E-state index >= 15 is 0 Å². The maximum atomic E-state index is 12.4. The zero-order valence-electron chi connectivity index (χ0n) is 51.9. The predicted octanol–water partition coefficient (Wildman–Crippen LogP) is 17.1. The molecule has 458 valence electrons. The summed E-state index contributed by atoms with van der Waals surface area (Å²) in [5.41, 5.74) is 2.97. The molecule has 4 aromatic carbocycles. The molecule has 82 heavy (non-hydrogen) atoms. The number of carbonyl (C=O) groups excluding carboxylic acids is 4. The summed E-state index contributed by atoms with van der Waals surface area (Å²) >= 11 is 3.19. The molecule has 0 aliphatic rings. The Bertz CT molecular complexity index is 2420. The van der Waals surface area contributed by atoms with Crippen LogP contribution in [0.5, 0.6) is 11.5 Å². The zero-order valence-corrected chi connectivity index (χ0v) is 53.5. The third-order valence-corrected chi connectivity index (χ3v) is 16.9. The van der Waals surface area contributed by atoms with E-state index in [1.807, 2.05) is 98.8 Å². The number of nitrogens with one attached hydrogen (secondary N) is 2. The molecular formula is C68H104N2O10S2. The molecular weight excluding hydrogens is 1070 g/mol.